The predicted octanol–water partition coefficient (Wildman–Crippen LogP) is 1.32. The van der Waals surface area contributed by atoms with Crippen molar-refractivity contribution in [3.8, 4) is 0 Å². The van der Waals surface area contributed by atoms with E-state index in [1.165, 1.54) is 0 Å². The number of nitrogens with one attached hydrogen (secondary N) is 1. The summed E-state index contributed by atoms with van der Waals surface area (Å²) in [5.41, 5.74) is 0. The number of guanidine groups is 1. The number of halogens is 1. The molecule has 146 valence electrons. The van der Waals surface area contributed by atoms with Gasteiger partial charge in [0.25, 0.3) is 0 Å². The maximum atomic E-state index is 11.4. The lowest BCUT2D eigenvalue weighted by Crippen LogP contribution is -2.53. The van der Waals surface area contributed by atoms with Gasteiger partial charge in [0.15, 0.2) is 5.96 Å². The summed E-state index contributed by atoms with van der Waals surface area (Å²) in [5, 5.41) is 3.35. The van der Waals surface area contributed by atoms with Gasteiger partial charge in [0.2, 0.25) is 5.91 Å². The second-order valence-electron chi connectivity index (χ2n) is 6.26. The number of nitrogens with zero attached hydrogens (tertiary/aromatic N) is 3. The first-order valence-corrected chi connectivity index (χ1v) is 9.18. The summed E-state index contributed by atoms with van der Waals surface area (Å²) in [4.78, 5) is 20.3. The normalized spacial score (nSPS) is 19.5. The summed E-state index contributed by atoms with van der Waals surface area (Å²) in [5.74, 6) is 1.11. The molecule has 0 aromatic carbocycles. The second-order valence-corrected chi connectivity index (χ2v) is 6.26. The SMILES string of the molecule is CCNC(=NCCCOC1CCOCC1)N1CCN(C(C)=O)CC1.I. The van der Waals surface area contributed by atoms with E-state index in [0.29, 0.717) is 6.10 Å². The molecule has 7 nitrogen and oxygen atoms in total. The van der Waals surface area contributed by atoms with E-state index >= 15 is 0 Å². The van der Waals surface area contributed by atoms with Gasteiger partial charge < -0.3 is 24.6 Å². The number of aliphatic imine (C=N–C) groups is 1. The first-order valence-electron chi connectivity index (χ1n) is 9.18. The average Bonchev–Trinajstić information content (AvgIpc) is 2.61. The van der Waals surface area contributed by atoms with Crippen LogP contribution < -0.4 is 5.32 Å². The number of ether oxygens (including phenoxy) is 2. The van der Waals surface area contributed by atoms with Crippen molar-refractivity contribution in [3.63, 3.8) is 0 Å². The first-order chi connectivity index (χ1) is 11.7. The molecule has 2 heterocycles. The summed E-state index contributed by atoms with van der Waals surface area (Å²) < 4.78 is 11.2. The van der Waals surface area contributed by atoms with E-state index < -0.39 is 0 Å². The fourth-order valence-corrected chi connectivity index (χ4v) is 3.00. The zero-order chi connectivity index (χ0) is 17.2. The Morgan fingerprint density at radius 2 is 1.84 bits per heavy atom. The van der Waals surface area contributed by atoms with Gasteiger partial charge in [0.1, 0.15) is 0 Å². The van der Waals surface area contributed by atoms with E-state index in [0.717, 1.165) is 84.3 Å². The van der Waals surface area contributed by atoms with Crippen molar-refractivity contribution in [1.82, 2.24) is 15.1 Å². The van der Waals surface area contributed by atoms with Crippen molar-refractivity contribution < 1.29 is 14.3 Å². The lowest BCUT2D eigenvalue weighted by molar-refractivity contribution is -0.130. The predicted molar refractivity (Wildman–Crippen MR) is 110 cm³/mol. The van der Waals surface area contributed by atoms with Crippen molar-refractivity contribution >= 4 is 35.8 Å². The number of rotatable bonds is 6. The van der Waals surface area contributed by atoms with Crippen LogP contribution in [0, 0.1) is 0 Å². The maximum absolute atomic E-state index is 11.4. The number of carbonyl (C=O) groups is 1. The molecule has 0 saturated carbocycles. The zero-order valence-corrected chi connectivity index (χ0v) is 17.9. The Morgan fingerprint density at radius 1 is 1.20 bits per heavy atom. The molecular weight excluding hydrogens is 435 g/mol. The zero-order valence-electron chi connectivity index (χ0n) is 15.5. The highest BCUT2D eigenvalue weighted by molar-refractivity contribution is 14.0. The van der Waals surface area contributed by atoms with E-state index in [-0.39, 0.29) is 29.9 Å². The quantitative estimate of drug-likeness (QED) is 0.276. The summed E-state index contributed by atoms with van der Waals surface area (Å²) in [6.45, 7) is 10.9. The van der Waals surface area contributed by atoms with E-state index in [2.05, 4.69) is 17.1 Å². The number of carbonyl (C=O) groups excluding carboxylic acids is 1. The van der Waals surface area contributed by atoms with Crippen LogP contribution in [-0.2, 0) is 14.3 Å². The summed E-state index contributed by atoms with van der Waals surface area (Å²) in [6, 6.07) is 0. The second kappa shape index (κ2) is 12.7. The molecular formula is C17H33IN4O3. The van der Waals surface area contributed by atoms with E-state index in [1.54, 1.807) is 6.92 Å². The van der Waals surface area contributed by atoms with Gasteiger partial charge in [-0.15, -0.1) is 24.0 Å². The molecule has 25 heavy (non-hydrogen) atoms. The minimum Gasteiger partial charge on any atom is -0.381 e. The summed E-state index contributed by atoms with van der Waals surface area (Å²) in [7, 11) is 0. The molecule has 0 atom stereocenters. The summed E-state index contributed by atoms with van der Waals surface area (Å²) in [6.07, 6.45) is 3.30. The monoisotopic (exact) mass is 468 g/mol. The fraction of sp³-hybridized carbons (Fsp3) is 0.882. The third-order valence-corrected chi connectivity index (χ3v) is 4.45. The minimum absolute atomic E-state index is 0. The van der Waals surface area contributed by atoms with Crippen LogP contribution in [0.3, 0.4) is 0 Å². The van der Waals surface area contributed by atoms with Crippen LogP contribution in [0.25, 0.3) is 0 Å². The van der Waals surface area contributed by atoms with Crippen LogP contribution in [0.2, 0.25) is 0 Å². The van der Waals surface area contributed by atoms with Crippen molar-refractivity contribution in [3.05, 3.63) is 0 Å². The van der Waals surface area contributed by atoms with Crippen LogP contribution in [0.1, 0.15) is 33.1 Å². The van der Waals surface area contributed by atoms with Gasteiger partial charge in [-0.05, 0) is 26.2 Å². The Morgan fingerprint density at radius 3 is 2.44 bits per heavy atom. The van der Waals surface area contributed by atoms with Gasteiger partial charge in [0, 0.05) is 66.0 Å². The van der Waals surface area contributed by atoms with Crippen molar-refractivity contribution in [2.75, 3.05) is 59.1 Å². The Labute approximate surface area is 168 Å². The molecule has 0 bridgehead atoms. The largest absolute Gasteiger partial charge is 0.381 e. The third kappa shape index (κ3) is 8.08. The smallest absolute Gasteiger partial charge is 0.219 e. The molecule has 0 radical (unpaired) electrons. The molecule has 2 saturated heterocycles. The van der Waals surface area contributed by atoms with Gasteiger partial charge in [-0.1, -0.05) is 0 Å². The molecule has 2 rings (SSSR count). The topological polar surface area (TPSA) is 66.4 Å². The van der Waals surface area contributed by atoms with Crippen molar-refractivity contribution in [1.29, 1.82) is 0 Å². The van der Waals surface area contributed by atoms with Gasteiger partial charge in [0.05, 0.1) is 6.10 Å². The van der Waals surface area contributed by atoms with Crippen molar-refractivity contribution in [2.45, 2.75) is 39.2 Å². The Bertz CT molecular complexity index is 409. The summed E-state index contributed by atoms with van der Waals surface area (Å²) >= 11 is 0. The van der Waals surface area contributed by atoms with Gasteiger partial charge >= 0.3 is 0 Å². The Hall–Kier alpha value is -0.610. The molecule has 2 aliphatic heterocycles. The molecule has 1 N–H and O–H groups in total. The third-order valence-electron chi connectivity index (χ3n) is 4.45. The Kier molecular flexibility index (Phi) is 11.4. The van der Waals surface area contributed by atoms with E-state index in [4.69, 9.17) is 14.5 Å². The number of amides is 1. The van der Waals surface area contributed by atoms with Crippen molar-refractivity contribution in [2.24, 2.45) is 4.99 Å². The molecule has 8 heteroatoms. The maximum Gasteiger partial charge on any atom is 0.219 e. The first kappa shape index (κ1) is 22.4. The van der Waals surface area contributed by atoms with Crippen LogP contribution >= 0.6 is 24.0 Å². The minimum atomic E-state index is 0. The van der Waals surface area contributed by atoms with E-state index in [1.807, 2.05) is 4.90 Å². The Balaban J connectivity index is 0.00000312. The fourth-order valence-electron chi connectivity index (χ4n) is 3.00. The van der Waals surface area contributed by atoms with Crippen LogP contribution in [0.4, 0.5) is 0 Å². The van der Waals surface area contributed by atoms with Gasteiger partial charge in [-0.25, -0.2) is 0 Å². The van der Waals surface area contributed by atoms with Gasteiger partial charge in [-0.2, -0.15) is 0 Å². The molecule has 0 aliphatic carbocycles. The molecule has 1 amide bonds. The van der Waals surface area contributed by atoms with Crippen LogP contribution in [0.15, 0.2) is 4.99 Å². The number of hydrogen-bond acceptors (Lipinski definition) is 4. The van der Waals surface area contributed by atoms with E-state index in [9.17, 15) is 4.79 Å². The standard InChI is InChI=1S/C17H32N4O3.HI/c1-3-18-17(21-10-8-20(9-11-21)15(2)22)19-7-4-12-24-16-5-13-23-14-6-16;/h16H,3-14H2,1-2H3,(H,18,19);1H. The molecule has 2 fully saturated rings. The highest BCUT2D eigenvalue weighted by Gasteiger charge is 2.20. The molecule has 0 spiro atoms. The lowest BCUT2D eigenvalue weighted by atomic mass is 10.1. The molecule has 0 unspecified atom stereocenters. The molecule has 0 aromatic heterocycles. The number of piperazine rings is 1. The van der Waals surface area contributed by atoms with Gasteiger partial charge in [-0.3, -0.25) is 9.79 Å². The number of hydrogen-bond donors (Lipinski definition) is 1. The molecule has 0 aromatic rings. The average molecular weight is 468 g/mol. The van der Waals surface area contributed by atoms with Crippen LogP contribution in [0.5, 0.6) is 0 Å². The highest BCUT2D eigenvalue weighted by atomic mass is 127. The highest BCUT2D eigenvalue weighted by Crippen LogP contribution is 2.10. The lowest BCUT2D eigenvalue weighted by Gasteiger charge is -2.36. The molecule has 2 aliphatic rings. The van der Waals surface area contributed by atoms with Crippen LogP contribution in [-0.4, -0.2) is 86.9 Å².